The van der Waals surface area contributed by atoms with Crippen molar-refractivity contribution in [3.63, 3.8) is 0 Å². The fraction of sp³-hybridized carbons (Fsp3) is 0.156. The molecule has 306 valence electrons. The summed E-state index contributed by atoms with van der Waals surface area (Å²) in [4.78, 5) is 54.3. The zero-order chi connectivity index (χ0) is 41.8. The van der Waals surface area contributed by atoms with Crippen LogP contribution in [0.1, 0.15) is 54.8 Å². The number of carbonyl (C=O) groups excluding carboxylic acids is 1. The van der Waals surface area contributed by atoms with E-state index in [9.17, 15) is 24.3 Å². The second kappa shape index (κ2) is 19.5. The van der Waals surface area contributed by atoms with Gasteiger partial charge in [-0.3, -0.25) is 9.59 Å². The summed E-state index contributed by atoms with van der Waals surface area (Å²) in [6.45, 7) is 8.20. The van der Waals surface area contributed by atoms with Crippen LogP contribution in [0.4, 0.5) is 11.4 Å². The minimum absolute atomic E-state index is 0. The number of H-pyrrole nitrogens is 2. The van der Waals surface area contributed by atoms with Crippen LogP contribution in [-0.2, 0) is 17.8 Å². The maximum absolute atomic E-state index is 12.5. The van der Waals surface area contributed by atoms with Gasteiger partial charge < -0.3 is 45.0 Å². The molecule has 4 aromatic heterocycles. The van der Waals surface area contributed by atoms with Gasteiger partial charge in [0, 0.05) is 69.6 Å². The van der Waals surface area contributed by atoms with E-state index in [0.717, 1.165) is 22.1 Å². The van der Waals surface area contributed by atoms with Crippen molar-refractivity contribution in [1.29, 1.82) is 0 Å². The van der Waals surface area contributed by atoms with Gasteiger partial charge in [-0.1, -0.05) is 71.0 Å². The quantitative estimate of drug-likeness (QED) is 0.0889. The second-order valence-corrected chi connectivity index (χ2v) is 13.9. The van der Waals surface area contributed by atoms with Crippen molar-refractivity contribution in [2.75, 3.05) is 17.7 Å². The van der Waals surface area contributed by atoms with Gasteiger partial charge in [-0.05, 0) is 63.1 Å². The number of fused-ring (bicyclic) bond motifs is 2. The van der Waals surface area contributed by atoms with Crippen LogP contribution < -0.4 is 51.3 Å². The zero-order valence-electron chi connectivity index (χ0n) is 34.3. The van der Waals surface area contributed by atoms with Gasteiger partial charge in [0.2, 0.25) is 11.1 Å². The Morgan fingerprint density at radius 2 is 1.07 bits per heavy atom. The molecule has 4 aromatic carbocycles. The Labute approximate surface area is 370 Å². The molecule has 0 saturated carbocycles. The smallest absolute Gasteiger partial charge is 0.870 e. The molecule has 0 unspecified atom stereocenters. The van der Waals surface area contributed by atoms with Crippen molar-refractivity contribution >= 4 is 45.1 Å². The zero-order valence-corrected chi connectivity index (χ0v) is 36.3. The number of benzene rings is 4. The van der Waals surface area contributed by atoms with Crippen LogP contribution >= 0.6 is 0 Å². The maximum Gasteiger partial charge on any atom is 1.00 e. The predicted octanol–water partition coefficient (Wildman–Crippen LogP) is 5.14. The van der Waals surface area contributed by atoms with Gasteiger partial charge in [0.15, 0.2) is 0 Å². The van der Waals surface area contributed by atoms with Crippen LogP contribution in [0, 0.1) is 27.7 Å². The first-order valence-electron chi connectivity index (χ1n) is 18.6. The Bertz CT molecular complexity index is 2940. The van der Waals surface area contributed by atoms with Gasteiger partial charge in [0.1, 0.15) is 11.5 Å². The number of hydrogen-bond acceptors (Lipinski definition) is 12. The second-order valence-electron chi connectivity index (χ2n) is 13.9. The number of rotatable bonds is 10. The number of aromatic carboxylic acids is 1. The Morgan fingerprint density at radius 1 is 0.656 bits per heavy atom. The molecule has 0 bridgehead atoms. The van der Waals surface area contributed by atoms with E-state index < -0.39 is 11.9 Å². The summed E-state index contributed by atoms with van der Waals surface area (Å²) in [6, 6.07) is 29.4. The van der Waals surface area contributed by atoms with Gasteiger partial charge in [-0.25, -0.2) is 9.59 Å². The Hall–Kier alpha value is -6.78. The number of anilines is 2. The summed E-state index contributed by atoms with van der Waals surface area (Å²) >= 11 is 0. The van der Waals surface area contributed by atoms with E-state index in [0.29, 0.717) is 86.0 Å². The van der Waals surface area contributed by atoms with Gasteiger partial charge in [0.25, 0.3) is 0 Å². The standard InChI is InChI=1S/C23H21N3O4.C22H19N3O4.Na.H2O/c1-13-22(14(2)30-26-13)16-9-18-19(24-12-15-7-5-4-6-8-15)11-21(27)25-20(18)10-17(16)23(28)29-3;1-12-21(13(2)29-25-12)15-8-17-18(23-11-14-6-4-3-5-7-14)10-20(26)24-19(17)9-16(15)22(27)28;;/h4-11H,12H2,1-3H3,(H2,24,25,27);3-10H,11H2,1-2H3,(H,27,28)(H2,23,24,26);;1H2/q;;+1;/p-1. The Morgan fingerprint density at radius 3 is 1.44 bits per heavy atom. The summed E-state index contributed by atoms with van der Waals surface area (Å²) in [5.74, 6) is -0.464. The van der Waals surface area contributed by atoms with Gasteiger partial charge in [-0.2, -0.15) is 0 Å². The van der Waals surface area contributed by atoms with Crippen molar-refractivity contribution in [2.24, 2.45) is 0 Å². The number of aromatic nitrogens is 4. The molecule has 8 rings (SSSR count). The number of ether oxygens (including phenoxy) is 1. The van der Waals surface area contributed by atoms with E-state index in [1.165, 1.54) is 25.3 Å². The minimum Gasteiger partial charge on any atom is -0.870 e. The first-order chi connectivity index (χ1) is 28.4. The molecular formula is C45H41N6NaO9. The summed E-state index contributed by atoms with van der Waals surface area (Å²) in [5.41, 5.74) is 8.03. The average molecular weight is 833 g/mol. The van der Waals surface area contributed by atoms with E-state index in [-0.39, 0.29) is 51.7 Å². The molecule has 0 radical (unpaired) electrons. The molecule has 0 aliphatic carbocycles. The number of aryl methyl sites for hydroxylation is 4. The third-order valence-electron chi connectivity index (χ3n) is 9.86. The molecule has 15 nitrogen and oxygen atoms in total. The SMILES string of the molecule is COC(=O)c1cc2[nH]c(=O)cc(NCc3ccccc3)c2cc1-c1c(C)noc1C.Cc1noc(C)c1-c1cc2c(NCc3ccccc3)cc(=O)[nH]c2cc1C(=O)O.[Na+].[OH-]. The Balaban J connectivity index is 0.000000224. The molecule has 16 heteroatoms. The largest absolute Gasteiger partial charge is 1.00 e. The van der Waals surface area contributed by atoms with Crippen molar-refractivity contribution in [3.05, 3.63) is 163 Å². The number of nitrogens with one attached hydrogen (secondary N) is 4. The van der Waals surface area contributed by atoms with Crippen molar-refractivity contribution < 1.29 is 63.5 Å². The maximum atomic E-state index is 12.5. The number of carbonyl (C=O) groups is 2. The summed E-state index contributed by atoms with van der Waals surface area (Å²) < 4.78 is 15.5. The predicted molar refractivity (Wildman–Crippen MR) is 227 cm³/mol. The average Bonchev–Trinajstić information content (AvgIpc) is 3.75. The number of aromatic amines is 2. The number of carboxylic acid groups (broad SMARTS) is 1. The molecule has 0 fully saturated rings. The molecular weight excluding hydrogens is 792 g/mol. The van der Waals surface area contributed by atoms with Crippen molar-refractivity contribution in [3.8, 4) is 22.3 Å². The molecule has 0 atom stereocenters. The van der Waals surface area contributed by atoms with Crippen molar-refractivity contribution in [2.45, 2.75) is 40.8 Å². The van der Waals surface area contributed by atoms with Crippen molar-refractivity contribution in [1.82, 2.24) is 20.3 Å². The third-order valence-corrected chi connectivity index (χ3v) is 9.86. The summed E-state index contributed by atoms with van der Waals surface area (Å²) in [5, 5.41) is 25.8. The normalized spacial score (nSPS) is 10.6. The molecule has 0 spiro atoms. The number of carboxylic acids is 1. The van der Waals surface area contributed by atoms with Gasteiger partial charge >= 0.3 is 41.5 Å². The molecule has 8 aromatic rings. The molecule has 61 heavy (non-hydrogen) atoms. The monoisotopic (exact) mass is 832 g/mol. The number of hydrogen-bond donors (Lipinski definition) is 5. The van der Waals surface area contributed by atoms with Gasteiger partial charge in [-0.15, -0.1) is 0 Å². The fourth-order valence-corrected chi connectivity index (χ4v) is 7.09. The molecule has 4 heterocycles. The molecule has 0 aliphatic rings. The topological polar surface area (TPSA) is 235 Å². The van der Waals surface area contributed by atoms with E-state index in [1.54, 1.807) is 32.9 Å². The van der Waals surface area contributed by atoms with E-state index >= 15 is 0 Å². The minimum atomic E-state index is -1.09. The van der Waals surface area contributed by atoms with Gasteiger partial charge in [0.05, 0.1) is 40.7 Å². The number of methoxy groups -OCH3 is 1. The first-order valence-corrected chi connectivity index (χ1v) is 18.6. The van der Waals surface area contributed by atoms with Crippen LogP contribution in [0.5, 0.6) is 0 Å². The summed E-state index contributed by atoms with van der Waals surface area (Å²) in [6.07, 6.45) is 0. The van der Waals surface area contributed by atoms with Crippen LogP contribution in [0.25, 0.3) is 44.1 Å². The number of nitrogens with zero attached hydrogens (tertiary/aromatic N) is 2. The van der Waals surface area contributed by atoms with Crippen LogP contribution in [0.2, 0.25) is 0 Å². The van der Waals surface area contributed by atoms with E-state index in [1.807, 2.05) is 73.7 Å². The van der Waals surface area contributed by atoms with Crippen LogP contribution in [0.3, 0.4) is 0 Å². The fourth-order valence-electron chi connectivity index (χ4n) is 7.09. The molecule has 0 amide bonds. The molecule has 0 aliphatic heterocycles. The van der Waals surface area contributed by atoms with E-state index in [4.69, 9.17) is 13.8 Å². The number of esters is 1. The van der Waals surface area contributed by atoms with Crippen LogP contribution in [0.15, 0.2) is 116 Å². The van der Waals surface area contributed by atoms with Crippen LogP contribution in [-0.4, -0.2) is 49.9 Å². The van der Waals surface area contributed by atoms with E-state index in [2.05, 4.69) is 30.9 Å². The molecule has 0 saturated heterocycles. The third kappa shape index (κ3) is 9.82. The molecule has 6 N–H and O–H groups in total. The summed E-state index contributed by atoms with van der Waals surface area (Å²) in [7, 11) is 1.32. The Kier molecular flexibility index (Phi) is 14.5. The first kappa shape index (κ1) is 45.3. The number of pyridine rings is 2.